The van der Waals surface area contributed by atoms with Crippen molar-refractivity contribution in [3.63, 3.8) is 0 Å². The quantitative estimate of drug-likeness (QED) is 0.784. The summed E-state index contributed by atoms with van der Waals surface area (Å²) in [6, 6.07) is 2.13. The zero-order valence-corrected chi connectivity index (χ0v) is 9.48. The molecule has 0 bridgehead atoms. The van der Waals surface area contributed by atoms with Crippen LogP contribution in [0.1, 0.15) is 24.3 Å². The molecule has 0 spiro atoms. The Morgan fingerprint density at radius 2 is 2.12 bits per heavy atom. The van der Waals surface area contributed by atoms with Crippen LogP contribution in [-0.2, 0) is 7.05 Å². The van der Waals surface area contributed by atoms with Crippen molar-refractivity contribution in [1.82, 2.24) is 19.9 Å². The van der Waals surface area contributed by atoms with Gasteiger partial charge in [-0.15, -0.1) is 0 Å². The summed E-state index contributed by atoms with van der Waals surface area (Å²) in [6.45, 7) is 2.22. The van der Waals surface area contributed by atoms with Crippen LogP contribution in [-0.4, -0.2) is 27.6 Å². The topological polar surface area (TPSA) is 42.7 Å². The maximum atomic E-state index is 4.47. The van der Waals surface area contributed by atoms with Crippen molar-refractivity contribution in [2.45, 2.75) is 18.8 Å². The molecular weight excluding hydrogens is 200 g/mol. The van der Waals surface area contributed by atoms with Gasteiger partial charge in [0.15, 0.2) is 5.65 Å². The third-order valence-corrected chi connectivity index (χ3v) is 3.41. The minimum absolute atomic E-state index is 0.640. The molecule has 0 aromatic carbocycles. The van der Waals surface area contributed by atoms with Gasteiger partial charge in [-0.05, 0) is 43.5 Å². The summed E-state index contributed by atoms with van der Waals surface area (Å²) >= 11 is 0. The van der Waals surface area contributed by atoms with E-state index >= 15 is 0 Å². The Morgan fingerprint density at radius 1 is 1.31 bits per heavy atom. The van der Waals surface area contributed by atoms with Crippen LogP contribution in [0.3, 0.4) is 0 Å². The van der Waals surface area contributed by atoms with Gasteiger partial charge in [0.05, 0.1) is 6.33 Å². The number of hydrogen-bond acceptors (Lipinski definition) is 3. The zero-order chi connectivity index (χ0) is 11.0. The summed E-state index contributed by atoms with van der Waals surface area (Å²) < 4.78 is 1.99. The van der Waals surface area contributed by atoms with Crippen LogP contribution in [0.5, 0.6) is 0 Å². The summed E-state index contributed by atoms with van der Waals surface area (Å²) in [5.74, 6) is 0.640. The van der Waals surface area contributed by atoms with Crippen LogP contribution < -0.4 is 5.32 Å². The smallest absolute Gasteiger partial charge is 0.159 e. The molecule has 1 fully saturated rings. The molecule has 4 heteroatoms. The van der Waals surface area contributed by atoms with Crippen molar-refractivity contribution in [2.75, 3.05) is 13.1 Å². The van der Waals surface area contributed by atoms with Gasteiger partial charge >= 0.3 is 0 Å². The third-order valence-electron chi connectivity index (χ3n) is 3.41. The Morgan fingerprint density at radius 3 is 2.94 bits per heavy atom. The lowest BCUT2D eigenvalue weighted by molar-refractivity contribution is 0.462. The molecule has 0 saturated carbocycles. The SMILES string of the molecule is Cn1cnc2c(C3CCNCC3)ccnc21. The molecule has 2 aromatic heterocycles. The normalized spacial score (nSPS) is 18.1. The van der Waals surface area contributed by atoms with E-state index in [2.05, 4.69) is 21.4 Å². The lowest BCUT2D eigenvalue weighted by Gasteiger charge is -2.22. The van der Waals surface area contributed by atoms with E-state index in [1.54, 1.807) is 0 Å². The molecule has 3 heterocycles. The summed E-state index contributed by atoms with van der Waals surface area (Å²) in [5.41, 5.74) is 3.44. The fourth-order valence-electron chi connectivity index (χ4n) is 2.51. The van der Waals surface area contributed by atoms with E-state index in [1.165, 1.54) is 18.4 Å². The fourth-order valence-corrected chi connectivity index (χ4v) is 2.51. The average molecular weight is 216 g/mol. The van der Waals surface area contributed by atoms with Crippen molar-refractivity contribution in [3.8, 4) is 0 Å². The Hall–Kier alpha value is -1.42. The first-order chi connectivity index (χ1) is 7.86. The van der Waals surface area contributed by atoms with Crippen LogP contribution in [0.15, 0.2) is 18.6 Å². The summed E-state index contributed by atoms with van der Waals surface area (Å²) in [4.78, 5) is 8.85. The minimum Gasteiger partial charge on any atom is -0.318 e. The highest BCUT2D eigenvalue weighted by molar-refractivity contribution is 5.75. The van der Waals surface area contributed by atoms with E-state index in [4.69, 9.17) is 0 Å². The number of aryl methyl sites for hydroxylation is 1. The molecule has 0 unspecified atom stereocenters. The van der Waals surface area contributed by atoms with E-state index < -0.39 is 0 Å². The highest BCUT2D eigenvalue weighted by atomic mass is 15.1. The number of rotatable bonds is 1. The highest BCUT2D eigenvalue weighted by Crippen LogP contribution is 2.29. The maximum absolute atomic E-state index is 4.47. The molecule has 2 aromatic rings. The molecule has 0 radical (unpaired) electrons. The van der Waals surface area contributed by atoms with E-state index in [0.717, 1.165) is 24.3 Å². The second-order valence-electron chi connectivity index (χ2n) is 4.45. The number of pyridine rings is 1. The van der Waals surface area contributed by atoms with Crippen molar-refractivity contribution < 1.29 is 0 Å². The van der Waals surface area contributed by atoms with E-state index in [-0.39, 0.29) is 0 Å². The molecule has 1 aliphatic heterocycles. The maximum Gasteiger partial charge on any atom is 0.159 e. The summed E-state index contributed by atoms with van der Waals surface area (Å²) in [5, 5.41) is 3.40. The van der Waals surface area contributed by atoms with Gasteiger partial charge in [-0.3, -0.25) is 0 Å². The van der Waals surface area contributed by atoms with E-state index in [9.17, 15) is 0 Å². The highest BCUT2D eigenvalue weighted by Gasteiger charge is 2.19. The van der Waals surface area contributed by atoms with Crippen LogP contribution in [0.2, 0.25) is 0 Å². The van der Waals surface area contributed by atoms with Gasteiger partial charge in [0.1, 0.15) is 5.52 Å². The molecular formula is C12H16N4. The second kappa shape index (κ2) is 3.87. The zero-order valence-electron chi connectivity index (χ0n) is 9.48. The van der Waals surface area contributed by atoms with Crippen LogP contribution >= 0.6 is 0 Å². The van der Waals surface area contributed by atoms with Gasteiger partial charge in [-0.25, -0.2) is 9.97 Å². The monoisotopic (exact) mass is 216 g/mol. The van der Waals surface area contributed by atoms with Gasteiger partial charge in [-0.1, -0.05) is 0 Å². The largest absolute Gasteiger partial charge is 0.318 e. The van der Waals surface area contributed by atoms with Gasteiger partial charge in [0, 0.05) is 13.2 Å². The minimum atomic E-state index is 0.640. The van der Waals surface area contributed by atoms with Gasteiger partial charge in [-0.2, -0.15) is 0 Å². The van der Waals surface area contributed by atoms with Crippen LogP contribution in [0, 0.1) is 0 Å². The fraction of sp³-hybridized carbons (Fsp3) is 0.500. The molecule has 16 heavy (non-hydrogen) atoms. The first-order valence-electron chi connectivity index (χ1n) is 5.83. The molecule has 3 rings (SSSR count). The Kier molecular flexibility index (Phi) is 2.36. The Bertz CT molecular complexity index is 497. The lowest BCUT2D eigenvalue weighted by atomic mass is 9.90. The van der Waals surface area contributed by atoms with Crippen molar-refractivity contribution >= 4 is 11.2 Å². The third kappa shape index (κ3) is 1.50. The van der Waals surface area contributed by atoms with Crippen molar-refractivity contribution in [1.29, 1.82) is 0 Å². The molecule has 0 amide bonds. The van der Waals surface area contributed by atoms with Gasteiger partial charge < -0.3 is 9.88 Å². The van der Waals surface area contributed by atoms with Gasteiger partial charge in [0.25, 0.3) is 0 Å². The summed E-state index contributed by atoms with van der Waals surface area (Å²) in [6.07, 6.45) is 6.16. The van der Waals surface area contributed by atoms with Crippen LogP contribution in [0.25, 0.3) is 11.2 Å². The Labute approximate surface area is 94.7 Å². The van der Waals surface area contributed by atoms with E-state index in [1.807, 2.05) is 24.1 Å². The first-order valence-corrected chi connectivity index (χ1v) is 5.83. The number of nitrogens with zero attached hydrogens (tertiary/aromatic N) is 3. The molecule has 0 aliphatic carbocycles. The average Bonchev–Trinajstić information content (AvgIpc) is 2.73. The number of aromatic nitrogens is 3. The standard InChI is InChI=1S/C12H16N4/c1-16-8-15-11-10(4-7-14-12(11)16)9-2-5-13-6-3-9/h4,7-9,13H,2-3,5-6H2,1H3. The number of hydrogen-bond donors (Lipinski definition) is 1. The number of fused-ring (bicyclic) bond motifs is 1. The molecule has 1 aliphatic rings. The number of piperidine rings is 1. The van der Waals surface area contributed by atoms with Crippen molar-refractivity contribution in [2.24, 2.45) is 7.05 Å². The van der Waals surface area contributed by atoms with Gasteiger partial charge in [0.2, 0.25) is 0 Å². The van der Waals surface area contributed by atoms with Crippen LogP contribution in [0.4, 0.5) is 0 Å². The predicted octanol–water partition coefficient (Wildman–Crippen LogP) is 1.44. The van der Waals surface area contributed by atoms with Crippen molar-refractivity contribution in [3.05, 3.63) is 24.2 Å². The second-order valence-corrected chi connectivity index (χ2v) is 4.45. The Balaban J connectivity index is 2.08. The predicted molar refractivity (Wildman–Crippen MR) is 63.4 cm³/mol. The first kappa shape index (κ1) is 9.78. The molecule has 1 saturated heterocycles. The lowest BCUT2D eigenvalue weighted by Crippen LogP contribution is -2.26. The molecule has 84 valence electrons. The summed E-state index contributed by atoms with van der Waals surface area (Å²) in [7, 11) is 1.99. The molecule has 1 N–H and O–H groups in total. The number of nitrogens with one attached hydrogen (secondary N) is 1. The molecule has 4 nitrogen and oxygen atoms in total. The molecule has 0 atom stereocenters. The number of imidazole rings is 1. The van der Waals surface area contributed by atoms with E-state index in [0.29, 0.717) is 5.92 Å².